The number of rotatable bonds is 5. The first-order valence-electron chi connectivity index (χ1n) is 8.72. The van der Waals surface area contributed by atoms with Crippen LogP contribution in [-0.2, 0) is 28.4 Å². The second kappa shape index (κ2) is 6.14. The minimum absolute atomic E-state index is 0.0192. The minimum atomic E-state index is -3.76. The van der Waals surface area contributed by atoms with Crippen molar-refractivity contribution in [3.63, 3.8) is 0 Å². The first-order chi connectivity index (χ1) is 13.1. The van der Waals surface area contributed by atoms with Crippen LogP contribution in [-0.4, -0.2) is 68.3 Å². The zero-order chi connectivity index (χ0) is 20.3. The Labute approximate surface area is 161 Å². The third-order valence-corrected chi connectivity index (χ3v) is 6.86. The highest BCUT2D eigenvalue weighted by molar-refractivity contribution is 7.93. The molecule has 12 heteroatoms. The van der Waals surface area contributed by atoms with E-state index in [0.29, 0.717) is 11.5 Å². The van der Waals surface area contributed by atoms with Gasteiger partial charge in [-0.25, -0.2) is 22.6 Å². The van der Waals surface area contributed by atoms with Gasteiger partial charge in [0, 0.05) is 12.6 Å². The Morgan fingerprint density at radius 3 is 2.64 bits per heavy atom. The van der Waals surface area contributed by atoms with Crippen LogP contribution >= 0.6 is 0 Å². The van der Waals surface area contributed by atoms with Crippen molar-refractivity contribution in [2.45, 2.75) is 31.8 Å². The maximum atomic E-state index is 13.0. The third kappa shape index (κ3) is 3.07. The van der Waals surface area contributed by atoms with Gasteiger partial charge < -0.3 is 0 Å². The molecule has 3 amide bonds. The van der Waals surface area contributed by atoms with Crippen molar-refractivity contribution in [3.8, 4) is 0 Å². The maximum Gasteiger partial charge on any atom is 0.501 e. The van der Waals surface area contributed by atoms with Crippen molar-refractivity contribution in [2.24, 2.45) is 13.0 Å². The summed E-state index contributed by atoms with van der Waals surface area (Å²) in [5.74, 6) is -1.06. The number of carbonyl (C=O) groups is 2. The number of urea groups is 1. The van der Waals surface area contributed by atoms with Crippen molar-refractivity contribution in [3.05, 3.63) is 29.0 Å². The summed E-state index contributed by atoms with van der Waals surface area (Å²) < 4.78 is 30.7. The van der Waals surface area contributed by atoms with Gasteiger partial charge in [0.05, 0.1) is 12.0 Å². The van der Waals surface area contributed by atoms with Crippen LogP contribution in [0.5, 0.6) is 0 Å². The number of hydrogen-bond donors (Lipinski definition) is 1. The van der Waals surface area contributed by atoms with E-state index >= 15 is 0 Å². The van der Waals surface area contributed by atoms with E-state index in [0.717, 1.165) is 17.7 Å². The Balaban J connectivity index is 1.67. The number of nitrogens with zero attached hydrogens (tertiary/aromatic N) is 6. The number of aryl methyl sites for hydroxylation is 1. The highest BCUT2D eigenvalue weighted by Gasteiger charge is 2.48. The molecule has 2 heterocycles. The number of fused-ring (bicyclic) bond motifs is 1. The van der Waals surface area contributed by atoms with Gasteiger partial charge in [-0.3, -0.25) is 0 Å². The highest BCUT2D eigenvalue weighted by atomic mass is 32.2. The second-order valence-electron chi connectivity index (χ2n) is 7.46. The molecule has 11 nitrogen and oxygen atoms in total. The Bertz CT molecular complexity index is 1080. The fourth-order valence-electron chi connectivity index (χ4n) is 3.17. The molecule has 0 radical (unpaired) electrons. The lowest BCUT2D eigenvalue weighted by atomic mass is 9.94. The Kier molecular flexibility index (Phi) is 4.08. The molecule has 0 spiro atoms. The van der Waals surface area contributed by atoms with E-state index in [1.54, 1.807) is 14.1 Å². The molecule has 0 aromatic carbocycles. The van der Waals surface area contributed by atoms with Crippen molar-refractivity contribution >= 4 is 27.7 Å². The topological polar surface area (TPSA) is 130 Å². The molecule has 3 aliphatic rings. The molecule has 1 saturated carbocycles. The smallest absolute Gasteiger partial charge is 0.245 e. The summed E-state index contributed by atoms with van der Waals surface area (Å²) in [4.78, 5) is 26.7. The monoisotopic (exact) mass is 406 g/mol. The second-order valence-corrected chi connectivity index (χ2v) is 9.14. The van der Waals surface area contributed by atoms with E-state index in [-0.39, 0.29) is 11.4 Å². The fourth-order valence-corrected chi connectivity index (χ4v) is 4.70. The lowest BCUT2D eigenvalue weighted by molar-refractivity contribution is -0.406. The van der Waals surface area contributed by atoms with Gasteiger partial charge in [0.1, 0.15) is 11.6 Å². The zero-order valence-electron chi connectivity index (χ0n) is 15.7. The highest BCUT2D eigenvalue weighted by Crippen LogP contribution is 2.36. The van der Waals surface area contributed by atoms with Crippen LogP contribution in [0.4, 0.5) is 4.79 Å². The molecule has 1 N–H and O–H groups in total. The molecule has 1 unspecified atom stereocenters. The summed E-state index contributed by atoms with van der Waals surface area (Å²) in [5, 5.41) is 11.0. The van der Waals surface area contributed by atoms with Crippen LogP contribution in [0.25, 0.3) is 0 Å². The first kappa shape index (κ1) is 18.6. The standard InChI is InChI=1S/C16H20N7O4S/c1-16(6-7-16)18-28(26,27)10-4-5-12-11(8-10)14(24)23(15(25)21(12)2)9-13-17-19-20-22(13)3/h4-5,8,11,18H,6-7,9H2,1-3H3/q+1. The zero-order valence-corrected chi connectivity index (χ0v) is 16.5. The van der Waals surface area contributed by atoms with Crippen LogP contribution < -0.4 is 4.72 Å². The quantitative estimate of drug-likeness (QED) is 0.640. The molecule has 1 atom stereocenters. The largest absolute Gasteiger partial charge is 0.501 e. The molecule has 0 saturated heterocycles. The average molecular weight is 406 g/mol. The lowest BCUT2D eigenvalue weighted by Crippen LogP contribution is -2.53. The number of nitrogens with one attached hydrogen (secondary N) is 1. The van der Waals surface area contributed by atoms with E-state index in [2.05, 4.69) is 20.2 Å². The maximum absolute atomic E-state index is 13.0. The predicted octanol–water partition coefficient (Wildman–Crippen LogP) is -0.703. The van der Waals surface area contributed by atoms with Gasteiger partial charge in [0.2, 0.25) is 10.0 Å². The number of imide groups is 1. The van der Waals surface area contributed by atoms with Crippen molar-refractivity contribution in [1.29, 1.82) is 0 Å². The molecule has 1 aliphatic heterocycles. The lowest BCUT2D eigenvalue weighted by Gasteiger charge is -2.26. The number of allylic oxidation sites excluding steroid dienone is 2. The summed E-state index contributed by atoms with van der Waals surface area (Å²) in [6.45, 7) is 1.73. The summed E-state index contributed by atoms with van der Waals surface area (Å²) >= 11 is 0. The number of sulfonamides is 1. The van der Waals surface area contributed by atoms with Gasteiger partial charge in [-0.05, 0) is 48.4 Å². The van der Waals surface area contributed by atoms with Gasteiger partial charge in [0.15, 0.2) is 12.4 Å². The van der Waals surface area contributed by atoms with E-state index in [1.807, 2.05) is 6.92 Å². The number of aromatic nitrogens is 4. The number of tetrazole rings is 1. The van der Waals surface area contributed by atoms with Crippen LogP contribution in [0.2, 0.25) is 0 Å². The summed E-state index contributed by atoms with van der Waals surface area (Å²) in [6, 6.07) is -0.521. The number of hydrogen-bond acceptors (Lipinski definition) is 7. The summed E-state index contributed by atoms with van der Waals surface area (Å²) in [6.07, 6.45) is 5.86. The number of amides is 3. The summed E-state index contributed by atoms with van der Waals surface area (Å²) in [7, 11) is -0.611. The van der Waals surface area contributed by atoms with Gasteiger partial charge in [-0.1, -0.05) is 0 Å². The molecule has 1 aromatic rings. The van der Waals surface area contributed by atoms with Crippen molar-refractivity contribution in [1.82, 2.24) is 29.8 Å². The van der Waals surface area contributed by atoms with Gasteiger partial charge in [-0.2, -0.15) is 14.3 Å². The molecule has 1 aromatic heterocycles. The molecule has 148 valence electrons. The van der Waals surface area contributed by atoms with Crippen LogP contribution in [0, 0.1) is 5.92 Å². The molecular formula is C16H20N7O4S+. The first-order valence-corrected chi connectivity index (χ1v) is 10.2. The van der Waals surface area contributed by atoms with Crippen molar-refractivity contribution < 1.29 is 22.6 Å². The predicted molar refractivity (Wildman–Crippen MR) is 96.3 cm³/mol. The Morgan fingerprint density at radius 2 is 2.04 bits per heavy atom. The third-order valence-electron chi connectivity index (χ3n) is 5.20. The average Bonchev–Trinajstić information content (AvgIpc) is 3.22. The van der Waals surface area contributed by atoms with Gasteiger partial charge in [-0.15, -0.1) is 5.10 Å². The Hall–Kier alpha value is -2.73. The summed E-state index contributed by atoms with van der Waals surface area (Å²) in [5.41, 5.74) is 0.00404. The number of carbonyl (C=O) groups excluding carboxylic acids is 2. The minimum Gasteiger partial charge on any atom is -0.245 e. The van der Waals surface area contributed by atoms with E-state index in [1.165, 1.54) is 27.5 Å². The molecule has 1 fully saturated rings. The molecule has 2 aliphatic carbocycles. The van der Waals surface area contributed by atoms with Crippen LogP contribution in [0.1, 0.15) is 25.6 Å². The molecule has 4 rings (SSSR count). The molecule has 28 heavy (non-hydrogen) atoms. The molecule has 0 bridgehead atoms. The Morgan fingerprint density at radius 1 is 1.32 bits per heavy atom. The van der Waals surface area contributed by atoms with E-state index in [9.17, 15) is 18.0 Å². The van der Waals surface area contributed by atoms with Gasteiger partial charge in [0.25, 0.3) is 0 Å². The van der Waals surface area contributed by atoms with E-state index < -0.39 is 33.4 Å². The van der Waals surface area contributed by atoms with Crippen LogP contribution in [0.3, 0.4) is 0 Å². The molecular weight excluding hydrogens is 386 g/mol. The SMILES string of the molecule is Cn1nnnc1CN1C(=O)C2C=C(S(=O)(=O)NC3(C)CC3)C=CC2=[N+](C)C1=O. The van der Waals surface area contributed by atoms with E-state index in [4.69, 9.17) is 0 Å². The van der Waals surface area contributed by atoms with Crippen LogP contribution in [0.15, 0.2) is 23.1 Å². The van der Waals surface area contributed by atoms with Gasteiger partial charge >= 0.3 is 11.9 Å². The fraction of sp³-hybridized carbons (Fsp3) is 0.500. The normalized spacial score (nSPS) is 23.8. The van der Waals surface area contributed by atoms with Crippen molar-refractivity contribution in [2.75, 3.05) is 7.05 Å².